The Morgan fingerprint density at radius 3 is 2.23 bits per heavy atom. The predicted molar refractivity (Wildman–Crippen MR) is 120 cm³/mol. The van der Waals surface area contributed by atoms with Crippen LogP contribution in [0.3, 0.4) is 0 Å². The first-order chi connectivity index (χ1) is 14.9. The lowest BCUT2D eigenvalue weighted by Gasteiger charge is -2.20. The van der Waals surface area contributed by atoms with Crippen LogP contribution in [-0.2, 0) is 14.8 Å². The van der Waals surface area contributed by atoms with Crippen LogP contribution in [0.5, 0.6) is 0 Å². The van der Waals surface area contributed by atoms with Crippen molar-refractivity contribution in [1.29, 1.82) is 0 Å². The van der Waals surface area contributed by atoms with Crippen LogP contribution >= 0.6 is 0 Å². The zero-order chi connectivity index (χ0) is 21.8. The molecule has 7 nitrogen and oxygen atoms in total. The first-order valence-corrected chi connectivity index (χ1v) is 12.2. The first-order valence-electron chi connectivity index (χ1n) is 10.8. The van der Waals surface area contributed by atoms with Gasteiger partial charge in [-0.3, -0.25) is 9.59 Å². The minimum atomic E-state index is -3.58. The molecule has 31 heavy (non-hydrogen) atoms. The molecular formula is C23H27N3O4S. The molecule has 2 fully saturated rings. The third-order valence-electron chi connectivity index (χ3n) is 5.81. The molecule has 0 radical (unpaired) electrons. The van der Waals surface area contributed by atoms with Gasteiger partial charge in [-0.15, -0.1) is 0 Å². The number of sulfonamides is 1. The summed E-state index contributed by atoms with van der Waals surface area (Å²) in [5.41, 5.74) is 1.65. The van der Waals surface area contributed by atoms with Gasteiger partial charge in [0.05, 0.1) is 4.90 Å². The molecule has 2 amide bonds. The van der Waals surface area contributed by atoms with Gasteiger partial charge in [-0.1, -0.05) is 18.9 Å². The Balaban J connectivity index is 1.47. The molecule has 8 heteroatoms. The zero-order valence-corrected chi connectivity index (χ0v) is 18.2. The van der Waals surface area contributed by atoms with Gasteiger partial charge >= 0.3 is 0 Å². The summed E-state index contributed by atoms with van der Waals surface area (Å²) in [6.07, 6.45) is 5.24. The highest BCUT2D eigenvalue weighted by molar-refractivity contribution is 7.89. The minimum absolute atomic E-state index is 0.0969. The Kier molecular flexibility index (Phi) is 6.38. The molecule has 0 aromatic heterocycles. The lowest BCUT2D eigenvalue weighted by molar-refractivity contribution is -0.117. The van der Waals surface area contributed by atoms with E-state index in [4.69, 9.17) is 0 Å². The Morgan fingerprint density at radius 2 is 1.58 bits per heavy atom. The normalized spacial score (nSPS) is 18.1. The monoisotopic (exact) mass is 441 g/mol. The number of amides is 2. The quantitative estimate of drug-likeness (QED) is 0.768. The molecular weight excluding hydrogens is 414 g/mol. The number of carbonyl (C=O) groups excluding carboxylic acids is 2. The van der Waals surface area contributed by atoms with Crippen LogP contribution in [-0.4, -0.2) is 44.2 Å². The fourth-order valence-corrected chi connectivity index (χ4v) is 5.65. The number of benzene rings is 2. The molecule has 2 heterocycles. The summed E-state index contributed by atoms with van der Waals surface area (Å²) >= 11 is 0. The Morgan fingerprint density at radius 1 is 0.871 bits per heavy atom. The largest absolute Gasteiger partial charge is 0.322 e. The fraction of sp³-hybridized carbons (Fsp3) is 0.391. The maximum absolute atomic E-state index is 13.0. The van der Waals surface area contributed by atoms with Crippen LogP contribution in [0.4, 0.5) is 11.4 Å². The number of anilines is 2. The molecule has 0 atom stereocenters. The summed E-state index contributed by atoms with van der Waals surface area (Å²) in [6.45, 7) is 1.76. The Bertz CT molecular complexity index is 1060. The smallest absolute Gasteiger partial charge is 0.255 e. The van der Waals surface area contributed by atoms with Gasteiger partial charge in [-0.25, -0.2) is 8.42 Å². The van der Waals surface area contributed by atoms with Gasteiger partial charge in [0.1, 0.15) is 0 Å². The molecule has 0 aliphatic carbocycles. The molecule has 164 valence electrons. The Labute approximate surface area is 183 Å². The topological polar surface area (TPSA) is 86.8 Å². The molecule has 0 spiro atoms. The summed E-state index contributed by atoms with van der Waals surface area (Å²) in [6, 6.07) is 13.3. The molecule has 4 rings (SSSR count). The predicted octanol–water partition coefficient (Wildman–Crippen LogP) is 3.63. The molecule has 2 aromatic rings. The van der Waals surface area contributed by atoms with Gasteiger partial charge in [-0.2, -0.15) is 4.31 Å². The summed E-state index contributed by atoms with van der Waals surface area (Å²) in [4.78, 5) is 26.5. The molecule has 2 aliphatic heterocycles. The van der Waals surface area contributed by atoms with Crippen molar-refractivity contribution in [3.8, 4) is 0 Å². The van der Waals surface area contributed by atoms with Gasteiger partial charge < -0.3 is 10.2 Å². The second-order valence-electron chi connectivity index (χ2n) is 8.00. The molecule has 2 saturated heterocycles. The van der Waals surface area contributed by atoms with Crippen molar-refractivity contribution in [2.45, 2.75) is 43.4 Å². The van der Waals surface area contributed by atoms with Crippen molar-refractivity contribution in [1.82, 2.24) is 4.31 Å². The van der Waals surface area contributed by atoms with Crippen molar-refractivity contribution in [3.63, 3.8) is 0 Å². The summed E-state index contributed by atoms with van der Waals surface area (Å²) < 4.78 is 27.6. The Hall–Kier alpha value is -2.71. The average molecular weight is 442 g/mol. The van der Waals surface area contributed by atoms with E-state index in [1.165, 1.54) is 6.07 Å². The summed E-state index contributed by atoms with van der Waals surface area (Å²) in [5, 5.41) is 2.78. The van der Waals surface area contributed by atoms with Crippen molar-refractivity contribution in [2.24, 2.45) is 0 Å². The summed E-state index contributed by atoms with van der Waals surface area (Å²) in [7, 11) is -3.58. The molecule has 0 saturated carbocycles. The van der Waals surface area contributed by atoms with Gasteiger partial charge in [0, 0.05) is 43.0 Å². The van der Waals surface area contributed by atoms with Crippen LogP contribution in [0.2, 0.25) is 0 Å². The van der Waals surface area contributed by atoms with Crippen molar-refractivity contribution in [3.05, 3.63) is 54.1 Å². The van der Waals surface area contributed by atoms with E-state index >= 15 is 0 Å². The van der Waals surface area contributed by atoms with E-state index in [9.17, 15) is 18.0 Å². The van der Waals surface area contributed by atoms with Crippen LogP contribution in [0, 0.1) is 0 Å². The van der Waals surface area contributed by atoms with E-state index in [2.05, 4.69) is 5.32 Å². The number of hydrogen-bond acceptors (Lipinski definition) is 4. The van der Waals surface area contributed by atoms with E-state index in [1.54, 1.807) is 51.7 Å². The van der Waals surface area contributed by atoms with Crippen LogP contribution < -0.4 is 10.2 Å². The van der Waals surface area contributed by atoms with E-state index in [0.717, 1.165) is 37.8 Å². The second-order valence-corrected chi connectivity index (χ2v) is 9.93. The average Bonchev–Trinajstić information content (AvgIpc) is 3.01. The van der Waals surface area contributed by atoms with Gasteiger partial charge in [0.15, 0.2) is 0 Å². The van der Waals surface area contributed by atoms with Crippen molar-refractivity contribution in [2.75, 3.05) is 29.9 Å². The number of hydrogen-bond donors (Lipinski definition) is 1. The molecule has 0 unspecified atom stereocenters. The summed E-state index contributed by atoms with van der Waals surface area (Å²) in [5.74, 6) is -0.233. The highest BCUT2D eigenvalue weighted by atomic mass is 32.2. The van der Waals surface area contributed by atoms with Crippen LogP contribution in [0.1, 0.15) is 48.9 Å². The SMILES string of the molecule is O=C(Nc1cccc(S(=O)(=O)N2CCCCCC2)c1)c1ccc(N2CCCC2=O)cc1. The minimum Gasteiger partial charge on any atom is -0.322 e. The number of carbonyl (C=O) groups is 2. The van der Waals surface area contributed by atoms with Crippen molar-refractivity contribution >= 4 is 33.2 Å². The highest BCUT2D eigenvalue weighted by Crippen LogP contribution is 2.24. The van der Waals surface area contributed by atoms with Crippen LogP contribution in [0.25, 0.3) is 0 Å². The van der Waals surface area contributed by atoms with Gasteiger partial charge in [0.25, 0.3) is 5.91 Å². The van der Waals surface area contributed by atoms with E-state index in [1.807, 2.05) is 0 Å². The maximum Gasteiger partial charge on any atom is 0.255 e. The second kappa shape index (κ2) is 9.20. The molecule has 1 N–H and O–H groups in total. The standard InChI is InChI=1S/C23H27N3O4S/c27-22-9-6-16-26(22)20-12-10-18(11-13-20)23(28)24-19-7-5-8-21(17-19)31(29,30)25-14-3-1-2-4-15-25/h5,7-8,10-13,17H,1-4,6,9,14-16H2,(H,24,28). The molecule has 2 aliphatic rings. The number of rotatable bonds is 5. The van der Waals surface area contributed by atoms with E-state index in [0.29, 0.717) is 37.3 Å². The lowest BCUT2D eigenvalue weighted by atomic mass is 10.1. The zero-order valence-electron chi connectivity index (χ0n) is 17.4. The number of nitrogens with one attached hydrogen (secondary N) is 1. The van der Waals surface area contributed by atoms with Gasteiger partial charge in [-0.05, 0) is 61.7 Å². The molecule has 2 aromatic carbocycles. The fourth-order valence-electron chi connectivity index (χ4n) is 4.08. The third-order valence-corrected chi connectivity index (χ3v) is 7.70. The highest BCUT2D eigenvalue weighted by Gasteiger charge is 2.25. The van der Waals surface area contributed by atoms with E-state index < -0.39 is 10.0 Å². The molecule has 0 bridgehead atoms. The number of nitrogens with zero attached hydrogens (tertiary/aromatic N) is 2. The lowest BCUT2D eigenvalue weighted by Crippen LogP contribution is -2.32. The van der Waals surface area contributed by atoms with E-state index in [-0.39, 0.29) is 16.7 Å². The van der Waals surface area contributed by atoms with Crippen molar-refractivity contribution < 1.29 is 18.0 Å². The van der Waals surface area contributed by atoms with Crippen LogP contribution in [0.15, 0.2) is 53.4 Å². The van der Waals surface area contributed by atoms with Gasteiger partial charge in [0.2, 0.25) is 15.9 Å². The third kappa shape index (κ3) is 4.80. The first kappa shape index (κ1) is 21.5. The maximum atomic E-state index is 13.0.